The fourth-order valence-corrected chi connectivity index (χ4v) is 3.16. The van der Waals surface area contributed by atoms with E-state index in [4.69, 9.17) is 9.84 Å². The van der Waals surface area contributed by atoms with Crippen LogP contribution >= 0.6 is 11.3 Å². The number of rotatable bonds is 4. The van der Waals surface area contributed by atoms with E-state index in [0.29, 0.717) is 5.75 Å². The Morgan fingerprint density at radius 1 is 1.50 bits per heavy atom. The van der Waals surface area contributed by atoms with E-state index in [1.54, 1.807) is 6.07 Å². The van der Waals surface area contributed by atoms with Crippen LogP contribution in [0.3, 0.4) is 0 Å². The summed E-state index contributed by atoms with van der Waals surface area (Å²) in [6.07, 6.45) is 3.22. The third-order valence-corrected chi connectivity index (χ3v) is 4.33. The highest BCUT2D eigenvalue weighted by Crippen LogP contribution is 2.29. The number of carbonyl (C=O) groups is 1. The molecule has 0 saturated carbocycles. The average molecular weight is 293 g/mol. The molecule has 0 spiro atoms. The van der Waals surface area contributed by atoms with Crippen molar-refractivity contribution < 1.29 is 14.6 Å². The van der Waals surface area contributed by atoms with E-state index in [1.165, 1.54) is 11.3 Å². The van der Waals surface area contributed by atoms with E-state index in [1.807, 2.05) is 6.92 Å². The van der Waals surface area contributed by atoms with Crippen molar-refractivity contribution in [1.82, 2.24) is 14.8 Å². The first kappa shape index (κ1) is 13.1. The molecule has 3 heterocycles. The highest BCUT2D eigenvalue weighted by molar-refractivity contribution is 7.14. The van der Waals surface area contributed by atoms with Crippen molar-refractivity contribution in [2.24, 2.45) is 0 Å². The highest BCUT2D eigenvalue weighted by atomic mass is 32.1. The van der Waals surface area contributed by atoms with Crippen molar-refractivity contribution in [1.29, 1.82) is 0 Å². The summed E-state index contributed by atoms with van der Waals surface area (Å²) in [4.78, 5) is 12.3. The molecular weight excluding hydrogens is 278 g/mol. The Kier molecular flexibility index (Phi) is 3.43. The molecule has 6 nitrogen and oxygen atoms in total. The second-order valence-corrected chi connectivity index (χ2v) is 6.04. The van der Waals surface area contributed by atoms with Gasteiger partial charge in [-0.3, -0.25) is 0 Å². The van der Waals surface area contributed by atoms with Gasteiger partial charge >= 0.3 is 5.97 Å². The molecule has 0 radical (unpaired) electrons. The molecule has 1 aliphatic heterocycles. The Bertz CT molecular complexity index is 647. The molecule has 2 aromatic rings. The van der Waals surface area contributed by atoms with Gasteiger partial charge in [-0.25, -0.2) is 4.79 Å². The molecule has 20 heavy (non-hydrogen) atoms. The summed E-state index contributed by atoms with van der Waals surface area (Å²) in [6.45, 7) is 3.03. The van der Waals surface area contributed by atoms with Crippen LogP contribution in [-0.4, -0.2) is 25.8 Å². The average Bonchev–Trinajstić information content (AvgIpc) is 3.00. The normalized spacial score (nSPS) is 14.1. The molecule has 0 aromatic carbocycles. The van der Waals surface area contributed by atoms with Gasteiger partial charge in [-0.05, 0) is 25.8 Å². The first-order valence-corrected chi connectivity index (χ1v) is 7.34. The molecule has 1 aliphatic rings. The number of fused-ring (bicyclic) bond motifs is 1. The summed E-state index contributed by atoms with van der Waals surface area (Å²) in [7, 11) is 0. The van der Waals surface area contributed by atoms with Crippen LogP contribution in [0.15, 0.2) is 6.07 Å². The molecule has 0 aliphatic carbocycles. The lowest BCUT2D eigenvalue weighted by Crippen LogP contribution is -2.14. The third kappa shape index (κ3) is 2.40. The van der Waals surface area contributed by atoms with E-state index in [2.05, 4.69) is 14.8 Å². The topological polar surface area (TPSA) is 77.2 Å². The molecule has 2 aromatic heterocycles. The van der Waals surface area contributed by atoms with Crippen LogP contribution in [-0.2, 0) is 19.6 Å². The number of hydrogen-bond acceptors (Lipinski definition) is 5. The quantitative estimate of drug-likeness (QED) is 0.935. The van der Waals surface area contributed by atoms with Crippen LogP contribution in [0.4, 0.5) is 0 Å². The van der Waals surface area contributed by atoms with Gasteiger partial charge in [0.05, 0.1) is 0 Å². The number of carboxylic acids is 1. The van der Waals surface area contributed by atoms with Crippen LogP contribution in [0, 0.1) is 6.92 Å². The van der Waals surface area contributed by atoms with E-state index < -0.39 is 5.97 Å². The maximum absolute atomic E-state index is 11.1. The van der Waals surface area contributed by atoms with Crippen LogP contribution in [0.25, 0.3) is 0 Å². The second kappa shape index (κ2) is 5.24. The fraction of sp³-hybridized carbons (Fsp3) is 0.462. The molecule has 106 valence electrons. The van der Waals surface area contributed by atoms with Gasteiger partial charge in [0.2, 0.25) is 0 Å². The number of carboxylic acid groups (broad SMARTS) is 1. The Morgan fingerprint density at radius 2 is 2.35 bits per heavy atom. The number of ether oxygens (including phenoxy) is 1. The van der Waals surface area contributed by atoms with Crippen molar-refractivity contribution >= 4 is 17.3 Å². The monoisotopic (exact) mass is 293 g/mol. The largest absolute Gasteiger partial charge is 0.484 e. The molecule has 0 saturated heterocycles. The zero-order chi connectivity index (χ0) is 14.1. The van der Waals surface area contributed by atoms with Crippen LogP contribution in [0.5, 0.6) is 5.75 Å². The maximum Gasteiger partial charge on any atom is 0.349 e. The standard InChI is InChI=1S/C13H15N3O3S/c1-8-6-9(12(20-8)13(17)18)19-7-11-15-14-10-4-2-3-5-16(10)11/h6H,2-5,7H2,1H3,(H,17,18). The third-order valence-electron chi connectivity index (χ3n) is 3.31. The van der Waals surface area contributed by atoms with E-state index in [-0.39, 0.29) is 11.5 Å². The number of hydrogen-bond donors (Lipinski definition) is 1. The minimum atomic E-state index is -0.957. The van der Waals surface area contributed by atoms with E-state index >= 15 is 0 Å². The van der Waals surface area contributed by atoms with Gasteiger partial charge in [-0.2, -0.15) is 0 Å². The van der Waals surface area contributed by atoms with Crippen LogP contribution < -0.4 is 4.74 Å². The van der Waals surface area contributed by atoms with Crippen LogP contribution in [0.2, 0.25) is 0 Å². The van der Waals surface area contributed by atoms with Gasteiger partial charge in [0, 0.05) is 17.8 Å². The lowest BCUT2D eigenvalue weighted by Gasteiger charge is -2.14. The summed E-state index contributed by atoms with van der Waals surface area (Å²) >= 11 is 1.22. The summed E-state index contributed by atoms with van der Waals surface area (Å²) in [5.41, 5.74) is 0. The molecule has 3 rings (SSSR count). The number of aromatic carboxylic acids is 1. The predicted molar refractivity (Wildman–Crippen MR) is 73.3 cm³/mol. The molecule has 0 bridgehead atoms. The van der Waals surface area contributed by atoms with Gasteiger partial charge in [-0.1, -0.05) is 0 Å². The second-order valence-electron chi connectivity index (χ2n) is 4.79. The lowest BCUT2D eigenvalue weighted by molar-refractivity contribution is 0.0697. The van der Waals surface area contributed by atoms with E-state index in [0.717, 1.165) is 42.3 Å². The van der Waals surface area contributed by atoms with Gasteiger partial charge in [-0.15, -0.1) is 21.5 Å². The highest BCUT2D eigenvalue weighted by Gasteiger charge is 2.19. The Labute approximate surface area is 120 Å². The molecular formula is C13H15N3O3S. The first-order valence-electron chi connectivity index (χ1n) is 6.52. The molecule has 0 amide bonds. The van der Waals surface area contributed by atoms with Gasteiger partial charge in [0.25, 0.3) is 0 Å². The minimum Gasteiger partial charge on any atom is -0.484 e. The molecule has 1 N–H and O–H groups in total. The smallest absolute Gasteiger partial charge is 0.349 e. The fourth-order valence-electron chi connectivity index (χ4n) is 2.36. The SMILES string of the molecule is Cc1cc(OCc2nnc3n2CCCC3)c(C(=O)O)s1. The van der Waals surface area contributed by atoms with Crippen molar-refractivity contribution in [2.45, 2.75) is 39.3 Å². The number of aryl methyl sites for hydroxylation is 2. The van der Waals surface area contributed by atoms with Crippen LogP contribution in [0.1, 0.15) is 39.0 Å². The summed E-state index contributed by atoms with van der Waals surface area (Å²) in [5, 5.41) is 17.4. The Balaban J connectivity index is 1.77. The number of aromatic nitrogens is 3. The number of thiophene rings is 1. The predicted octanol–water partition coefficient (Wildman–Crippen LogP) is 2.26. The Morgan fingerprint density at radius 3 is 3.15 bits per heavy atom. The van der Waals surface area contributed by atoms with Gasteiger partial charge in [0.1, 0.15) is 18.2 Å². The first-order chi connectivity index (χ1) is 9.65. The van der Waals surface area contributed by atoms with Crippen molar-refractivity contribution in [3.05, 3.63) is 27.5 Å². The van der Waals surface area contributed by atoms with Crippen molar-refractivity contribution in [2.75, 3.05) is 0 Å². The summed E-state index contributed by atoms with van der Waals surface area (Å²) in [5.74, 6) is 1.21. The minimum absolute atomic E-state index is 0.237. The summed E-state index contributed by atoms with van der Waals surface area (Å²) < 4.78 is 7.71. The molecule has 0 fully saturated rings. The van der Waals surface area contributed by atoms with Crippen molar-refractivity contribution in [3.8, 4) is 5.75 Å². The van der Waals surface area contributed by atoms with Gasteiger partial charge < -0.3 is 14.4 Å². The maximum atomic E-state index is 11.1. The Hall–Kier alpha value is -1.89. The number of nitrogens with zero attached hydrogens (tertiary/aromatic N) is 3. The zero-order valence-corrected chi connectivity index (χ0v) is 11.9. The lowest BCUT2D eigenvalue weighted by atomic mass is 10.2. The van der Waals surface area contributed by atoms with E-state index in [9.17, 15) is 4.79 Å². The summed E-state index contributed by atoms with van der Waals surface area (Å²) in [6, 6.07) is 1.75. The van der Waals surface area contributed by atoms with Gasteiger partial charge in [0.15, 0.2) is 10.7 Å². The molecule has 0 unspecified atom stereocenters. The van der Waals surface area contributed by atoms with Crippen molar-refractivity contribution in [3.63, 3.8) is 0 Å². The molecule has 0 atom stereocenters. The zero-order valence-electron chi connectivity index (χ0n) is 11.1. The molecule has 7 heteroatoms.